The molecule has 1 fully saturated rings. The van der Waals surface area contributed by atoms with Crippen LogP contribution in [0.3, 0.4) is 0 Å². The second kappa shape index (κ2) is 8.25. The van der Waals surface area contributed by atoms with E-state index < -0.39 is 17.5 Å². The molecule has 2 heterocycles. The Morgan fingerprint density at radius 3 is 2.68 bits per heavy atom. The first-order valence-corrected chi connectivity index (χ1v) is 10.8. The molecule has 1 amide bonds. The zero-order chi connectivity index (χ0) is 22.2. The Morgan fingerprint density at radius 2 is 2.03 bits per heavy atom. The van der Waals surface area contributed by atoms with Gasteiger partial charge in [0.25, 0.3) is 0 Å². The van der Waals surface area contributed by atoms with E-state index in [1.54, 1.807) is 12.1 Å². The minimum atomic E-state index is -1.63. The monoisotopic (exact) mass is 440 g/mol. The predicted molar refractivity (Wildman–Crippen MR) is 114 cm³/mol. The van der Waals surface area contributed by atoms with Crippen LogP contribution in [0.15, 0.2) is 53.1 Å². The fraction of sp³-hybridized carbons (Fsp3) is 0.304. The summed E-state index contributed by atoms with van der Waals surface area (Å²) in [5.74, 6) is 0.0774. The molecule has 160 valence electrons. The number of carbonyl (C=O) groups is 1. The molecule has 0 unspecified atom stereocenters. The summed E-state index contributed by atoms with van der Waals surface area (Å²) in [6.07, 6.45) is 0.0214. The number of ether oxygens (including phenoxy) is 2. The van der Waals surface area contributed by atoms with Crippen LogP contribution in [-0.4, -0.2) is 35.4 Å². The molecule has 2 aliphatic heterocycles. The zero-order valence-corrected chi connectivity index (χ0v) is 17.9. The predicted octanol–water partition coefficient (Wildman–Crippen LogP) is 3.88. The Labute approximate surface area is 183 Å². The maximum absolute atomic E-state index is 13.4. The van der Waals surface area contributed by atoms with Crippen LogP contribution in [0.2, 0.25) is 0 Å². The van der Waals surface area contributed by atoms with E-state index in [0.29, 0.717) is 34.3 Å². The molecule has 1 N–H and O–H groups in total. The van der Waals surface area contributed by atoms with Gasteiger partial charge in [-0.15, -0.1) is 11.8 Å². The lowest BCUT2D eigenvalue weighted by Crippen LogP contribution is -2.48. The maximum atomic E-state index is 13.4. The second-order valence-corrected chi connectivity index (χ2v) is 8.24. The highest BCUT2D eigenvalue weighted by Crippen LogP contribution is 2.52. The van der Waals surface area contributed by atoms with E-state index in [1.807, 2.05) is 13.0 Å². The molecule has 2 aromatic carbocycles. The van der Waals surface area contributed by atoms with Crippen LogP contribution in [0.1, 0.15) is 30.4 Å². The molecule has 0 saturated carbocycles. The number of allylic oxidation sites excluding steroid dienone is 1. The Kier molecular flexibility index (Phi) is 5.65. The molecule has 6 nitrogen and oxygen atoms in total. The Hall–Kier alpha value is -3.02. The summed E-state index contributed by atoms with van der Waals surface area (Å²) in [6.45, 7) is 2.36. The van der Waals surface area contributed by atoms with Crippen LogP contribution in [0.25, 0.3) is 0 Å². The Balaban J connectivity index is 1.76. The van der Waals surface area contributed by atoms with Crippen molar-refractivity contribution in [3.63, 3.8) is 0 Å². The van der Waals surface area contributed by atoms with Crippen molar-refractivity contribution in [2.75, 3.05) is 19.5 Å². The van der Waals surface area contributed by atoms with Crippen LogP contribution < -0.4 is 9.47 Å². The highest BCUT2D eigenvalue weighted by Gasteiger charge is 2.51. The molecule has 0 aliphatic carbocycles. The van der Waals surface area contributed by atoms with Gasteiger partial charge in [-0.3, -0.25) is 9.69 Å². The summed E-state index contributed by atoms with van der Waals surface area (Å²) >= 11 is 1.25. The minimum absolute atomic E-state index is 0.0214. The van der Waals surface area contributed by atoms with Gasteiger partial charge in [0.2, 0.25) is 5.91 Å². The average Bonchev–Trinajstić information content (AvgIpc) is 3.13. The molecule has 0 spiro atoms. The van der Waals surface area contributed by atoms with Gasteiger partial charge < -0.3 is 14.6 Å². The molecule has 0 bridgehead atoms. The number of nitriles is 1. The van der Waals surface area contributed by atoms with Gasteiger partial charge in [0.15, 0.2) is 17.2 Å². The summed E-state index contributed by atoms with van der Waals surface area (Å²) < 4.78 is 24.3. The highest BCUT2D eigenvalue weighted by molar-refractivity contribution is 8.03. The number of hydrogen-bond acceptors (Lipinski definition) is 6. The first-order valence-electron chi connectivity index (χ1n) is 9.82. The third-order valence-electron chi connectivity index (χ3n) is 5.51. The van der Waals surface area contributed by atoms with E-state index in [-0.39, 0.29) is 18.1 Å². The number of thioether (sulfide) groups is 1. The number of fused-ring (bicyclic) bond motifs is 1. The van der Waals surface area contributed by atoms with E-state index in [2.05, 4.69) is 6.07 Å². The normalized spacial score (nSPS) is 22.9. The average molecular weight is 440 g/mol. The van der Waals surface area contributed by atoms with Gasteiger partial charge in [0.1, 0.15) is 5.82 Å². The number of aliphatic hydroxyl groups is 1. The van der Waals surface area contributed by atoms with Crippen molar-refractivity contribution in [3.05, 3.63) is 70.0 Å². The maximum Gasteiger partial charge on any atom is 0.231 e. The number of carbonyl (C=O) groups excluding carboxylic acids is 1. The molecule has 2 atom stereocenters. The van der Waals surface area contributed by atoms with Crippen LogP contribution in [0, 0.1) is 17.1 Å². The standard InChI is InChI=1S/C23H21FN2O4S/c1-3-30-19-9-4-14(10-20(19)29-2)17-11-21(27)26-22(18(17)12-25)31-13-23(26,28)15-5-7-16(24)8-6-15/h4-10,17,28H,3,11,13H2,1-2H3/t17-,23-/m0/s1. The summed E-state index contributed by atoms with van der Waals surface area (Å²) in [4.78, 5) is 14.5. The number of nitrogens with zero attached hydrogens (tertiary/aromatic N) is 2. The van der Waals surface area contributed by atoms with Crippen LogP contribution in [-0.2, 0) is 10.5 Å². The molecule has 1 saturated heterocycles. The lowest BCUT2D eigenvalue weighted by molar-refractivity contribution is -0.149. The summed E-state index contributed by atoms with van der Waals surface area (Å²) in [5.41, 5.74) is -0.0544. The van der Waals surface area contributed by atoms with Crippen molar-refractivity contribution in [1.82, 2.24) is 4.90 Å². The molecule has 4 rings (SSSR count). The number of amides is 1. The Morgan fingerprint density at radius 1 is 1.29 bits per heavy atom. The third kappa shape index (κ3) is 3.54. The molecule has 2 aliphatic rings. The number of benzene rings is 2. The molecule has 8 heteroatoms. The van der Waals surface area contributed by atoms with Gasteiger partial charge in [-0.05, 0) is 36.8 Å². The molecule has 2 aromatic rings. The number of hydrogen-bond donors (Lipinski definition) is 1. The van der Waals surface area contributed by atoms with E-state index in [1.165, 1.54) is 48.0 Å². The van der Waals surface area contributed by atoms with Gasteiger partial charge >= 0.3 is 0 Å². The van der Waals surface area contributed by atoms with Crippen molar-refractivity contribution in [3.8, 4) is 17.6 Å². The number of methoxy groups -OCH3 is 1. The molecular formula is C23H21FN2O4S. The van der Waals surface area contributed by atoms with E-state index in [0.717, 1.165) is 5.56 Å². The largest absolute Gasteiger partial charge is 0.493 e. The SMILES string of the molecule is CCOc1ccc([C@@H]2CC(=O)N3C(=C2C#N)SC[C@]3(O)c2ccc(F)cc2)cc1OC. The van der Waals surface area contributed by atoms with Gasteiger partial charge in [-0.25, -0.2) is 4.39 Å². The highest BCUT2D eigenvalue weighted by atomic mass is 32.2. The number of halogens is 1. The zero-order valence-electron chi connectivity index (χ0n) is 17.1. The third-order valence-corrected chi connectivity index (χ3v) is 6.73. The van der Waals surface area contributed by atoms with Crippen molar-refractivity contribution in [1.29, 1.82) is 5.26 Å². The second-order valence-electron chi connectivity index (χ2n) is 7.27. The molecular weight excluding hydrogens is 419 g/mol. The fourth-order valence-corrected chi connectivity index (χ4v) is 5.38. The van der Waals surface area contributed by atoms with Crippen LogP contribution in [0.4, 0.5) is 4.39 Å². The van der Waals surface area contributed by atoms with Crippen LogP contribution in [0.5, 0.6) is 11.5 Å². The summed E-state index contributed by atoms with van der Waals surface area (Å²) in [5, 5.41) is 21.7. The van der Waals surface area contributed by atoms with E-state index in [4.69, 9.17) is 9.47 Å². The molecule has 0 radical (unpaired) electrons. The van der Waals surface area contributed by atoms with Gasteiger partial charge in [-0.2, -0.15) is 5.26 Å². The summed E-state index contributed by atoms with van der Waals surface area (Å²) in [6, 6.07) is 13.0. The topological polar surface area (TPSA) is 82.8 Å². The summed E-state index contributed by atoms with van der Waals surface area (Å²) in [7, 11) is 1.54. The number of rotatable bonds is 5. The minimum Gasteiger partial charge on any atom is -0.493 e. The van der Waals surface area contributed by atoms with Crippen molar-refractivity contribution < 1.29 is 23.8 Å². The smallest absolute Gasteiger partial charge is 0.231 e. The molecule has 31 heavy (non-hydrogen) atoms. The van der Waals surface area contributed by atoms with Gasteiger partial charge in [0, 0.05) is 17.9 Å². The lowest BCUT2D eigenvalue weighted by atomic mass is 9.85. The lowest BCUT2D eigenvalue weighted by Gasteiger charge is -2.38. The first kappa shape index (κ1) is 21.2. The van der Waals surface area contributed by atoms with E-state index in [9.17, 15) is 19.6 Å². The quantitative estimate of drug-likeness (QED) is 0.760. The Bertz CT molecular complexity index is 1100. The van der Waals surface area contributed by atoms with Crippen molar-refractivity contribution >= 4 is 17.7 Å². The first-order chi connectivity index (χ1) is 14.9. The fourth-order valence-electron chi connectivity index (χ4n) is 4.02. The van der Waals surface area contributed by atoms with E-state index >= 15 is 0 Å². The van der Waals surface area contributed by atoms with Gasteiger partial charge in [-0.1, -0.05) is 18.2 Å². The molecule has 0 aromatic heterocycles. The van der Waals surface area contributed by atoms with Crippen molar-refractivity contribution in [2.45, 2.75) is 25.0 Å². The van der Waals surface area contributed by atoms with Gasteiger partial charge in [0.05, 0.1) is 36.1 Å². The van der Waals surface area contributed by atoms with Crippen LogP contribution >= 0.6 is 11.8 Å². The van der Waals surface area contributed by atoms with Crippen molar-refractivity contribution in [2.24, 2.45) is 0 Å².